The van der Waals surface area contributed by atoms with Gasteiger partial charge in [-0.1, -0.05) is 6.07 Å². The van der Waals surface area contributed by atoms with Gasteiger partial charge in [-0.3, -0.25) is 0 Å². The molecule has 1 aromatic carbocycles. The molecule has 0 bridgehead atoms. The number of alkyl halides is 3. The summed E-state index contributed by atoms with van der Waals surface area (Å²) >= 11 is 0. The van der Waals surface area contributed by atoms with Gasteiger partial charge < -0.3 is 15.6 Å². The highest BCUT2D eigenvalue weighted by molar-refractivity contribution is 5.54. The molecule has 6 heteroatoms. The van der Waals surface area contributed by atoms with Crippen LogP contribution in [0.1, 0.15) is 25.0 Å². The van der Waals surface area contributed by atoms with Crippen molar-refractivity contribution in [1.29, 1.82) is 0 Å². The first-order valence-corrected chi connectivity index (χ1v) is 4.85. The molecule has 0 aliphatic heterocycles. The average molecular weight is 249 g/mol. The molecule has 0 atom stereocenters. The Balaban J connectivity index is 3.49. The summed E-state index contributed by atoms with van der Waals surface area (Å²) in [5.74, 6) is -1.18. The fraction of sp³-hybridized carbons (Fsp3) is 0.455. The molecule has 3 N–H and O–H groups in total. The molecule has 0 aliphatic carbocycles. The number of nitrogens with two attached hydrogens (primary N) is 1. The second-order valence-corrected chi connectivity index (χ2v) is 4.26. The first-order valence-electron chi connectivity index (χ1n) is 4.85. The number of halogens is 3. The largest absolute Gasteiger partial charge is 0.504 e. The molecule has 0 fully saturated rings. The second-order valence-electron chi connectivity index (χ2n) is 4.26. The lowest BCUT2D eigenvalue weighted by molar-refractivity contribution is -0.138. The van der Waals surface area contributed by atoms with Gasteiger partial charge in [-0.05, 0) is 19.9 Å². The molecule has 96 valence electrons. The summed E-state index contributed by atoms with van der Waals surface area (Å²) in [5.41, 5.74) is 3.96. The van der Waals surface area contributed by atoms with E-state index in [4.69, 9.17) is 5.73 Å². The number of methoxy groups -OCH3 is 1. The zero-order valence-corrected chi connectivity index (χ0v) is 9.72. The predicted octanol–water partition coefficient (Wildman–Crippen LogP) is 2.61. The van der Waals surface area contributed by atoms with Crippen LogP contribution < -0.4 is 10.5 Å². The highest BCUT2D eigenvalue weighted by Crippen LogP contribution is 2.44. The van der Waals surface area contributed by atoms with Gasteiger partial charge in [0.2, 0.25) is 0 Å². The van der Waals surface area contributed by atoms with Gasteiger partial charge in [0.25, 0.3) is 0 Å². The van der Waals surface area contributed by atoms with Crippen LogP contribution in [0, 0.1) is 0 Å². The van der Waals surface area contributed by atoms with E-state index >= 15 is 0 Å². The molecule has 0 heterocycles. The van der Waals surface area contributed by atoms with Crippen molar-refractivity contribution < 1.29 is 23.0 Å². The molecule has 0 amide bonds. The van der Waals surface area contributed by atoms with E-state index in [0.29, 0.717) is 0 Å². The Morgan fingerprint density at radius 2 is 1.65 bits per heavy atom. The van der Waals surface area contributed by atoms with Crippen LogP contribution in [-0.2, 0) is 11.7 Å². The fourth-order valence-corrected chi connectivity index (χ4v) is 1.52. The standard InChI is InChI=1S/C11H14F3NO2/c1-10(2,15)6-4-5-7(11(12,13)14)9(17-3)8(6)16/h4-5,16H,15H2,1-3H3. The lowest BCUT2D eigenvalue weighted by Gasteiger charge is -2.23. The van der Waals surface area contributed by atoms with Crippen LogP contribution in [0.15, 0.2) is 12.1 Å². The maximum Gasteiger partial charge on any atom is 0.420 e. The van der Waals surface area contributed by atoms with Gasteiger partial charge in [0.1, 0.15) is 5.56 Å². The van der Waals surface area contributed by atoms with E-state index in [2.05, 4.69) is 4.74 Å². The maximum atomic E-state index is 12.6. The highest BCUT2D eigenvalue weighted by atomic mass is 19.4. The van der Waals surface area contributed by atoms with Crippen molar-refractivity contribution in [3.8, 4) is 11.5 Å². The first kappa shape index (κ1) is 13.6. The molecule has 3 nitrogen and oxygen atoms in total. The minimum absolute atomic E-state index is 0.197. The lowest BCUT2D eigenvalue weighted by Crippen LogP contribution is -2.29. The number of phenolic OH excluding ortho intramolecular Hbond substituents is 1. The Bertz CT molecular complexity index is 422. The third kappa shape index (κ3) is 2.63. The van der Waals surface area contributed by atoms with Gasteiger partial charge in [0.05, 0.1) is 7.11 Å². The first-order chi connectivity index (χ1) is 7.59. The molecule has 0 radical (unpaired) electrons. The van der Waals surface area contributed by atoms with Crippen molar-refractivity contribution in [2.24, 2.45) is 5.73 Å². The van der Waals surface area contributed by atoms with E-state index in [1.165, 1.54) is 0 Å². The Kier molecular flexibility index (Phi) is 3.29. The summed E-state index contributed by atoms with van der Waals surface area (Å²) in [6, 6.07) is 2.00. The zero-order chi connectivity index (χ0) is 13.4. The van der Waals surface area contributed by atoms with Crippen molar-refractivity contribution in [3.05, 3.63) is 23.3 Å². The Hall–Kier alpha value is -1.43. The number of benzene rings is 1. The highest BCUT2D eigenvalue weighted by Gasteiger charge is 2.37. The third-order valence-electron chi connectivity index (χ3n) is 2.34. The van der Waals surface area contributed by atoms with Gasteiger partial charge in [-0.25, -0.2) is 0 Å². The third-order valence-corrected chi connectivity index (χ3v) is 2.34. The monoisotopic (exact) mass is 249 g/mol. The Morgan fingerprint density at radius 3 is 2.00 bits per heavy atom. The number of ether oxygens (including phenoxy) is 1. The van der Waals surface area contributed by atoms with Gasteiger partial charge in [0.15, 0.2) is 11.5 Å². The number of rotatable bonds is 2. The molecule has 0 aromatic heterocycles. The number of aromatic hydroxyl groups is 1. The van der Waals surface area contributed by atoms with Gasteiger partial charge in [-0.15, -0.1) is 0 Å². The summed E-state index contributed by atoms with van der Waals surface area (Å²) in [4.78, 5) is 0. The van der Waals surface area contributed by atoms with Crippen molar-refractivity contribution in [2.45, 2.75) is 25.6 Å². The lowest BCUT2D eigenvalue weighted by atomic mass is 9.93. The van der Waals surface area contributed by atoms with Crippen molar-refractivity contribution in [1.82, 2.24) is 0 Å². The van der Waals surface area contributed by atoms with Gasteiger partial charge in [0, 0.05) is 11.1 Å². The van der Waals surface area contributed by atoms with E-state index in [1.54, 1.807) is 13.8 Å². The topological polar surface area (TPSA) is 55.5 Å². The van der Waals surface area contributed by atoms with Crippen LogP contribution in [0.25, 0.3) is 0 Å². The molecule has 17 heavy (non-hydrogen) atoms. The minimum atomic E-state index is -4.58. The van der Waals surface area contributed by atoms with Crippen LogP contribution in [0.5, 0.6) is 11.5 Å². The average Bonchev–Trinajstić information content (AvgIpc) is 2.13. The molecule has 0 saturated carbocycles. The van der Waals surface area contributed by atoms with Crippen molar-refractivity contribution in [2.75, 3.05) is 7.11 Å². The van der Waals surface area contributed by atoms with Crippen LogP contribution in [-0.4, -0.2) is 12.2 Å². The summed E-state index contributed by atoms with van der Waals surface area (Å²) in [6.07, 6.45) is -4.58. The minimum Gasteiger partial charge on any atom is -0.504 e. The van der Waals surface area contributed by atoms with E-state index in [0.717, 1.165) is 19.2 Å². The van der Waals surface area contributed by atoms with E-state index in [1.807, 2.05) is 0 Å². The molecule has 1 aromatic rings. The van der Waals surface area contributed by atoms with E-state index in [-0.39, 0.29) is 5.56 Å². The Morgan fingerprint density at radius 1 is 1.18 bits per heavy atom. The summed E-state index contributed by atoms with van der Waals surface area (Å²) < 4.78 is 42.5. The second kappa shape index (κ2) is 4.10. The van der Waals surface area contributed by atoms with Crippen LogP contribution in [0.3, 0.4) is 0 Å². The smallest absolute Gasteiger partial charge is 0.420 e. The molecular formula is C11H14F3NO2. The van der Waals surface area contributed by atoms with Gasteiger partial charge in [-0.2, -0.15) is 13.2 Å². The molecule has 0 saturated heterocycles. The number of hydrogen-bond donors (Lipinski definition) is 2. The molecule has 0 unspecified atom stereocenters. The van der Waals surface area contributed by atoms with Crippen molar-refractivity contribution in [3.63, 3.8) is 0 Å². The van der Waals surface area contributed by atoms with Crippen molar-refractivity contribution >= 4 is 0 Å². The van der Waals surface area contributed by atoms with Crippen LogP contribution >= 0.6 is 0 Å². The quantitative estimate of drug-likeness (QED) is 0.847. The van der Waals surface area contributed by atoms with Crippen LogP contribution in [0.2, 0.25) is 0 Å². The van der Waals surface area contributed by atoms with E-state index < -0.39 is 28.8 Å². The SMILES string of the molecule is COc1c(C(F)(F)F)ccc(C(C)(C)N)c1O. The summed E-state index contributed by atoms with van der Waals surface area (Å²) in [7, 11) is 1.07. The molecule has 0 spiro atoms. The molecular weight excluding hydrogens is 235 g/mol. The summed E-state index contributed by atoms with van der Waals surface area (Å²) in [6.45, 7) is 3.16. The molecule has 1 rings (SSSR count). The predicted molar refractivity (Wildman–Crippen MR) is 56.9 cm³/mol. The number of hydrogen-bond acceptors (Lipinski definition) is 3. The zero-order valence-electron chi connectivity index (χ0n) is 9.72. The van der Waals surface area contributed by atoms with Crippen LogP contribution in [0.4, 0.5) is 13.2 Å². The summed E-state index contributed by atoms with van der Waals surface area (Å²) in [5, 5.41) is 9.76. The number of phenols is 1. The molecule has 0 aliphatic rings. The van der Waals surface area contributed by atoms with Gasteiger partial charge >= 0.3 is 6.18 Å². The maximum absolute atomic E-state index is 12.6. The fourth-order valence-electron chi connectivity index (χ4n) is 1.52. The Labute approximate surface area is 97.0 Å². The van der Waals surface area contributed by atoms with E-state index in [9.17, 15) is 18.3 Å². The normalized spacial score (nSPS) is 12.6.